The Bertz CT molecular complexity index is 550. The van der Waals surface area contributed by atoms with Gasteiger partial charge in [0.05, 0.1) is 13.2 Å². The Balaban J connectivity index is 1.92. The molecule has 0 saturated carbocycles. The SMILES string of the molecule is O=C(O)[C@H]1CN(C(=O)CCc2cccc(F)c2F)CCO1. The zero-order valence-corrected chi connectivity index (χ0v) is 11.2. The Morgan fingerprint density at radius 3 is 2.86 bits per heavy atom. The molecule has 0 radical (unpaired) electrons. The van der Waals surface area contributed by atoms with E-state index in [1.54, 1.807) is 0 Å². The lowest BCUT2D eigenvalue weighted by Crippen LogP contribution is -2.48. The van der Waals surface area contributed by atoms with Crippen LogP contribution in [0.3, 0.4) is 0 Å². The average molecular weight is 299 g/mol. The van der Waals surface area contributed by atoms with Crippen molar-refractivity contribution in [2.75, 3.05) is 19.7 Å². The average Bonchev–Trinajstić information content (AvgIpc) is 2.48. The van der Waals surface area contributed by atoms with Gasteiger partial charge in [-0.15, -0.1) is 0 Å². The van der Waals surface area contributed by atoms with Gasteiger partial charge in [-0.1, -0.05) is 12.1 Å². The summed E-state index contributed by atoms with van der Waals surface area (Å²) in [5.74, 6) is -3.31. The van der Waals surface area contributed by atoms with Crippen molar-refractivity contribution in [3.8, 4) is 0 Å². The van der Waals surface area contributed by atoms with E-state index in [0.717, 1.165) is 6.07 Å². The molecule has 0 aliphatic carbocycles. The second kappa shape index (κ2) is 6.62. The van der Waals surface area contributed by atoms with Gasteiger partial charge in [0.2, 0.25) is 5.91 Å². The number of morpholine rings is 1. The summed E-state index contributed by atoms with van der Waals surface area (Å²) in [5.41, 5.74) is 0.131. The summed E-state index contributed by atoms with van der Waals surface area (Å²) >= 11 is 0. The van der Waals surface area contributed by atoms with Gasteiger partial charge in [0.15, 0.2) is 17.7 Å². The van der Waals surface area contributed by atoms with Crippen molar-refractivity contribution in [1.82, 2.24) is 4.90 Å². The lowest BCUT2D eigenvalue weighted by Gasteiger charge is -2.31. The van der Waals surface area contributed by atoms with Crippen molar-refractivity contribution in [1.29, 1.82) is 0 Å². The highest BCUT2D eigenvalue weighted by Gasteiger charge is 2.28. The van der Waals surface area contributed by atoms with E-state index < -0.39 is 23.7 Å². The normalized spacial score (nSPS) is 18.6. The molecular formula is C14H15F2NO4. The maximum atomic E-state index is 13.5. The van der Waals surface area contributed by atoms with Gasteiger partial charge in [-0.2, -0.15) is 0 Å². The van der Waals surface area contributed by atoms with Crippen molar-refractivity contribution in [3.05, 3.63) is 35.4 Å². The van der Waals surface area contributed by atoms with Gasteiger partial charge in [0.25, 0.3) is 0 Å². The van der Waals surface area contributed by atoms with E-state index in [9.17, 15) is 18.4 Å². The number of carboxylic acid groups (broad SMARTS) is 1. The number of amides is 1. The molecule has 1 fully saturated rings. The van der Waals surface area contributed by atoms with Crippen LogP contribution < -0.4 is 0 Å². The third kappa shape index (κ3) is 3.75. The number of ether oxygens (including phenoxy) is 1. The third-order valence-electron chi connectivity index (χ3n) is 3.33. The van der Waals surface area contributed by atoms with Crippen molar-refractivity contribution in [2.45, 2.75) is 18.9 Å². The number of hydrogen-bond donors (Lipinski definition) is 1. The Morgan fingerprint density at radius 1 is 1.38 bits per heavy atom. The summed E-state index contributed by atoms with van der Waals surface area (Å²) in [6.45, 7) is 0.422. The number of aliphatic carboxylic acids is 1. The summed E-state index contributed by atoms with van der Waals surface area (Å²) in [6.07, 6.45) is -0.974. The molecule has 21 heavy (non-hydrogen) atoms. The topological polar surface area (TPSA) is 66.8 Å². The minimum atomic E-state index is -1.12. The second-order valence-corrected chi connectivity index (χ2v) is 4.75. The number of nitrogens with zero attached hydrogens (tertiary/aromatic N) is 1. The molecule has 2 rings (SSSR count). The number of carbonyl (C=O) groups is 2. The first-order chi connectivity index (χ1) is 9.99. The maximum Gasteiger partial charge on any atom is 0.334 e. The minimum absolute atomic E-state index is 0.00723. The first kappa shape index (κ1) is 15.4. The number of carbonyl (C=O) groups excluding carboxylic acids is 1. The quantitative estimate of drug-likeness (QED) is 0.907. The standard InChI is InChI=1S/C14H15F2NO4/c15-10-3-1-2-9(13(10)16)4-5-12(18)17-6-7-21-11(8-17)14(19)20/h1-3,11H,4-8H2,(H,19,20)/t11-/m1/s1. The molecular weight excluding hydrogens is 284 g/mol. The van der Waals surface area contributed by atoms with Crippen molar-refractivity contribution < 1.29 is 28.2 Å². The first-order valence-electron chi connectivity index (χ1n) is 6.54. The van der Waals surface area contributed by atoms with Crippen LogP contribution in [0.4, 0.5) is 8.78 Å². The predicted molar refractivity (Wildman–Crippen MR) is 68.6 cm³/mol. The Labute approximate surface area is 120 Å². The van der Waals surface area contributed by atoms with Crippen LogP contribution in [0.15, 0.2) is 18.2 Å². The largest absolute Gasteiger partial charge is 0.479 e. The number of rotatable bonds is 4. The van der Waals surface area contributed by atoms with E-state index in [2.05, 4.69) is 0 Å². The zero-order chi connectivity index (χ0) is 15.4. The van der Waals surface area contributed by atoms with Crippen molar-refractivity contribution in [2.24, 2.45) is 0 Å². The summed E-state index contributed by atoms with van der Waals surface area (Å²) in [5, 5.41) is 8.86. The third-order valence-corrected chi connectivity index (χ3v) is 3.33. The van der Waals surface area contributed by atoms with Gasteiger partial charge in [0.1, 0.15) is 0 Å². The lowest BCUT2D eigenvalue weighted by atomic mass is 10.1. The van der Waals surface area contributed by atoms with Gasteiger partial charge >= 0.3 is 5.97 Å². The Morgan fingerprint density at radius 2 is 2.14 bits per heavy atom. The summed E-state index contributed by atoms with van der Waals surface area (Å²) < 4.78 is 31.5. The molecule has 1 atom stereocenters. The van der Waals surface area contributed by atoms with E-state index in [1.165, 1.54) is 17.0 Å². The van der Waals surface area contributed by atoms with Crippen molar-refractivity contribution in [3.63, 3.8) is 0 Å². The number of halogens is 2. The first-order valence-corrected chi connectivity index (χ1v) is 6.54. The highest BCUT2D eigenvalue weighted by molar-refractivity contribution is 5.78. The summed E-state index contributed by atoms with van der Waals surface area (Å²) in [4.78, 5) is 24.2. The molecule has 1 aromatic rings. The van der Waals surface area contributed by atoms with Gasteiger partial charge in [-0.05, 0) is 18.1 Å². The van der Waals surface area contributed by atoms with Crippen LogP contribution >= 0.6 is 0 Å². The highest BCUT2D eigenvalue weighted by Crippen LogP contribution is 2.14. The number of benzene rings is 1. The molecule has 0 bridgehead atoms. The van der Waals surface area contributed by atoms with Crippen LogP contribution in [-0.2, 0) is 20.7 Å². The minimum Gasteiger partial charge on any atom is -0.479 e. The number of carboxylic acids is 1. The molecule has 1 aliphatic rings. The zero-order valence-electron chi connectivity index (χ0n) is 11.2. The number of aryl methyl sites for hydroxylation is 1. The van der Waals surface area contributed by atoms with Crippen LogP contribution in [0.5, 0.6) is 0 Å². The van der Waals surface area contributed by atoms with E-state index >= 15 is 0 Å². The molecule has 5 nitrogen and oxygen atoms in total. The van der Waals surface area contributed by atoms with Crippen LogP contribution in [0, 0.1) is 11.6 Å². The Kier molecular flexibility index (Phi) is 4.85. The Hall–Kier alpha value is -2.02. The van der Waals surface area contributed by atoms with Gasteiger partial charge in [0, 0.05) is 13.0 Å². The second-order valence-electron chi connectivity index (χ2n) is 4.75. The van der Waals surface area contributed by atoms with E-state index in [-0.39, 0.29) is 37.5 Å². The molecule has 0 unspecified atom stereocenters. The molecule has 1 aromatic carbocycles. The summed E-state index contributed by atoms with van der Waals surface area (Å²) in [6, 6.07) is 3.82. The molecule has 0 aromatic heterocycles. The van der Waals surface area contributed by atoms with Gasteiger partial charge in [-0.25, -0.2) is 13.6 Å². The van der Waals surface area contributed by atoms with Gasteiger partial charge in [-0.3, -0.25) is 4.79 Å². The fraction of sp³-hybridized carbons (Fsp3) is 0.429. The fourth-order valence-electron chi connectivity index (χ4n) is 2.17. The molecule has 7 heteroatoms. The molecule has 1 saturated heterocycles. The molecule has 1 heterocycles. The molecule has 1 N–H and O–H groups in total. The van der Waals surface area contributed by atoms with Crippen LogP contribution in [-0.4, -0.2) is 47.7 Å². The van der Waals surface area contributed by atoms with E-state index in [1.807, 2.05) is 0 Å². The van der Waals surface area contributed by atoms with E-state index in [0.29, 0.717) is 6.54 Å². The predicted octanol–water partition coefficient (Wildman–Crippen LogP) is 1.21. The maximum absolute atomic E-state index is 13.5. The molecule has 0 spiro atoms. The molecule has 114 valence electrons. The summed E-state index contributed by atoms with van der Waals surface area (Å²) in [7, 11) is 0. The van der Waals surface area contributed by atoms with Crippen LogP contribution in [0.2, 0.25) is 0 Å². The van der Waals surface area contributed by atoms with Crippen LogP contribution in [0.1, 0.15) is 12.0 Å². The molecule has 1 amide bonds. The molecule has 1 aliphatic heterocycles. The van der Waals surface area contributed by atoms with E-state index in [4.69, 9.17) is 9.84 Å². The highest BCUT2D eigenvalue weighted by atomic mass is 19.2. The fourth-order valence-corrected chi connectivity index (χ4v) is 2.17. The van der Waals surface area contributed by atoms with Crippen LogP contribution in [0.25, 0.3) is 0 Å². The lowest BCUT2D eigenvalue weighted by molar-refractivity contribution is -0.159. The monoisotopic (exact) mass is 299 g/mol. The smallest absolute Gasteiger partial charge is 0.334 e. The number of hydrogen-bond acceptors (Lipinski definition) is 3. The van der Waals surface area contributed by atoms with Crippen molar-refractivity contribution >= 4 is 11.9 Å². The van der Waals surface area contributed by atoms with Gasteiger partial charge < -0.3 is 14.7 Å².